The molecule has 0 spiro atoms. The topological polar surface area (TPSA) is 35.5 Å². The van der Waals surface area contributed by atoms with Gasteiger partial charge in [-0.1, -0.05) is 68.4 Å². The normalized spacial score (nSPS) is 11.1. The van der Waals surface area contributed by atoms with E-state index >= 15 is 0 Å². The van der Waals surface area contributed by atoms with Crippen LogP contribution in [-0.2, 0) is 13.2 Å². The molecule has 3 nitrogen and oxygen atoms in total. The lowest BCUT2D eigenvalue weighted by molar-refractivity contribution is 0.108. The van der Waals surface area contributed by atoms with Gasteiger partial charge in [0.15, 0.2) is 5.52 Å². The second-order valence-corrected chi connectivity index (χ2v) is 8.47. The van der Waals surface area contributed by atoms with E-state index in [0.29, 0.717) is 19.1 Å². The zero-order chi connectivity index (χ0) is 20.5. The summed E-state index contributed by atoms with van der Waals surface area (Å²) in [6.45, 7) is 5.00. The fourth-order valence-electron chi connectivity index (χ4n) is 2.93. The van der Waals surface area contributed by atoms with Crippen LogP contribution < -0.4 is 9.47 Å². The molecule has 0 heterocycles. The third kappa shape index (κ3) is 6.44. The summed E-state index contributed by atoms with van der Waals surface area (Å²) in [5, 5.41) is 0. The highest BCUT2D eigenvalue weighted by molar-refractivity contribution is 7.58. The van der Waals surface area contributed by atoms with E-state index in [1.807, 2.05) is 78.9 Å². The molecule has 1 unspecified atom stereocenters. The molecule has 0 N–H and O–H groups in total. The maximum absolute atomic E-state index is 13.1. The van der Waals surface area contributed by atoms with Crippen molar-refractivity contribution in [3.05, 3.63) is 95.6 Å². The summed E-state index contributed by atoms with van der Waals surface area (Å²) >= 11 is 0. The van der Waals surface area contributed by atoms with Gasteiger partial charge in [0.2, 0.25) is 0 Å². The van der Waals surface area contributed by atoms with Gasteiger partial charge in [0.05, 0.1) is 0 Å². The first-order valence-electron chi connectivity index (χ1n) is 9.88. The van der Waals surface area contributed by atoms with Crippen molar-refractivity contribution in [1.82, 2.24) is 0 Å². The maximum Gasteiger partial charge on any atom is 0.181 e. The van der Waals surface area contributed by atoms with Crippen molar-refractivity contribution < 1.29 is 14.3 Å². The summed E-state index contributed by atoms with van der Waals surface area (Å²) in [6, 6.07) is 25.3. The molecule has 0 radical (unpaired) electrons. The van der Waals surface area contributed by atoms with Crippen molar-refractivity contribution >= 4 is 14.1 Å². The van der Waals surface area contributed by atoms with Gasteiger partial charge in [0.1, 0.15) is 24.7 Å². The van der Waals surface area contributed by atoms with Crippen LogP contribution in [0, 0.1) is 5.92 Å². The minimum atomic E-state index is 0.178. The Kier molecular flexibility index (Phi) is 7.84. The third-order valence-corrected chi connectivity index (χ3v) is 6.00. The van der Waals surface area contributed by atoms with Crippen LogP contribution in [0.4, 0.5) is 0 Å². The van der Waals surface area contributed by atoms with Crippen LogP contribution in [0.1, 0.15) is 35.3 Å². The molecule has 3 aromatic carbocycles. The molecule has 1 atom stereocenters. The van der Waals surface area contributed by atoms with Crippen LogP contribution in [0.5, 0.6) is 11.5 Å². The van der Waals surface area contributed by atoms with Crippen LogP contribution in [0.15, 0.2) is 78.9 Å². The molecule has 0 fully saturated rings. The van der Waals surface area contributed by atoms with Crippen LogP contribution in [0.2, 0.25) is 0 Å². The molecule has 0 saturated heterocycles. The Bertz CT molecular complexity index is 846. The van der Waals surface area contributed by atoms with Crippen molar-refractivity contribution in [3.63, 3.8) is 0 Å². The largest absolute Gasteiger partial charge is 0.489 e. The summed E-state index contributed by atoms with van der Waals surface area (Å²) in [4.78, 5) is 13.1. The summed E-state index contributed by atoms with van der Waals surface area (Å²) in [5.74, 6) is 2.08. The fraction of sp³-hybridized carbons (Fsp3) is 0.240. The quantitative estimate of drug-likeness (QED) is 0.370. The van der Waals surface area contributed by atoms with Gasteiger partial charge in [-0.15, -0.1) is 0 Å². The van der Waals surface area contributed by atoms with Crippen molar-refractivity contribution in [2.24, 2.45) is 5.92 Å². The highest BCUT2D eigenvalue weighted by Gasteiger charge is 2.17. The first kappa shape index (κ1) is 21.1. The zero-order valence-corrected chi connectivity index (χ0v) is 17.9. The lowest BCUT2D eigenvalue weighted by Gasteiger charge is -2.16. The second kappa shape index (κ2) is 10.8. The Morgan fingerprint density at radius 2 is 1.24 bits per heavy atom. The van der Waals surface area contributed by atoms with Crippen LogP contribution in [0.3, 0.4) is 0 Å². The van der Waals surface area contributed by atoms with E-state index in [2.05, 4.69) is 13.8 Å². The smallest absolute Gasteiger partial charge is 0.181 e. The molecular weight excluding hydrogens is 379 g/mol. The van der Waals surface area contributed by atoms with Gasteiger partial charge >= 0.3 is 0 Å². The summed E-state index contributed by atoms with van der Waals surface area (Å²) in [6.07, 6.45) is 0.895. The molecule has 3 rings (SSSR count). The predicted molar refractivity (Wildman–Crippen MR) is 120 cm³/mol. The van der Waals surface area contributed by atoms with Gasteiger partial charge in [-0.25, -0.2) is 0 Å². The van der Waals surface area contributed by atoms with Crippen LogP contribution in [0.25, 0.3) is 0 Å². The van der Waals surface area contributed by atoms with E-state index in [1.54, 1.807) is 0 Å². The fourth-order valence-corrected chi connectivity index (χ4v) is 4.02. The number of hydrogen-bond acceptors (Lipinski definition) is 3. The molecule has 0 saturated carbocycles. The van der Waals surface area contributed by atoms with Crippen molar-refractivity contribution in [1.29, 1.82) is 0 Å². The molecule has 0 aliphatic heterocycles. The standard InChI is InChI=1S/C25H27O3P/c1-19(2)18-29-25(26)24-20(16-27-22-12-5-3-6-13-22)10-9-11-21(24)17-28-23-14-7-4-8-15-23/h3-15,19,29H,16-18H2,1-2H3. The Morgan fingerprint density at radius 3 is 1.69 bits per heavy atom. The van der Waals surface area contributed by atoms with E-state index in [1.165, 1.54) is 0 Å². The van der Waals surface area contributed by atoms with Gasteiger partial charge in [0.25, 0.3) is 0 Å². The van der Waals surface area contributed by atoms with Gasteiger partial charge < -0.3 is 9.47 Å². The van der Waals surface area contributed by atoms with Crippen molar-refractivity contribution in [2.45, 2.75) is 27.1 Å². The molecule has 4 heteroatoms. The number of hydrogen-bond donors (Lipinski definition) is 0. The highest BCUT2D eigenvalue weighted by atomic mass is 31.1. The minimum absolute atomic E-state index is 0.178. The molecular formula is C25H27O3P. The number of benzene rings is 3. The zero-order valence-electron chi connectivity index (χ0n) is 16.9. The maximum atomic E-state index is 13.1. The SMILES string of the molecule is CC(C)CPC(=O)c1c(COc2ccccc2)cccc1COc1ccccc1. The van der Waals surface area contributed by atoms with Gasteiger partial charge in [-0.2, -0.15) is 0 Å². The Hall–Kier alpha value is -2.64. The molecule has 3 aromatic rings. The Labute approximate surface area is 174 Å². The van der Waals surface area contributed by atoms with Gasteiger partial charge in [-0.05, 0) is 44.9 Å². The molecule has 0 aromatic heterocycles. The van der Waals surface area contributed by atoms with E-state index in [4.69, 9.17) is 9.47 Å². The molecule has 29 heavy (non-hydrogen) atoms. The number of ether oxygens (including phenoxy) is 2. The predicted octanol–water partition coefficient (Wildman–Crippen LogP) is 6.32. The van der Waals surface area contributed by atoms with Crippen molar-refractivity contribution in [2.75, 3.05) is 6.16 Å². The second-order valence-electron chi connectivity index (χ2n) is 7.26. The number of rotatable bonds is 10. The summed E-state index contributed by atoms with van der Waals surface area (Å²) in [7, 11) is 0.248. The van der Waals surface area contributed by atoms with E-state index in [9.17, 15) is 4.79 Å². The number of carbonyl (C=O) groups excluding carboxylic acids is 1. The van der Waals surface area contributed by atoms with Gasteiger partial charge in [0, 0.05) is 16.7 Å². The lowest BCUT2D eigenvalue weighted by Crippen LogP contribution is -2.10. The molecule has 0 aliphatic carbocycles. The van der Waals surface area contributed by atoms with E-state index in [0.717, 1.165) is 34.4 Å². The van der Waals surface area contributed by atoms with Crippen LogP contribution >= 0.6 is 8.58 Å². The van der Waals surface area contributed by atoms with E-state index < -0.39 is 0 Å². The Balaban J connectivity index is 1.82. The first-order chi connectivity index (χ1) is 14.1. The minimum Gasteiger partial charge on any atom is -0.489 e. The molecule has 0 aliphatic rings. The number of carbonyl (C=O) groups is 1. The first-order valence-corrected chi connectivity index (χ1v) is 11.1. The average Bonchev–Trinajstić information content (AvgIpc) is 2.76. The molecule has 0 bridgehead atoms. The van der Waals surface area contributed by atoms with Crippen LogP contribution in [-0.4, -0.2) is 11.7 Å². The van der Waals surface area contributed by atoms with Gasteiger partial charge in [-0.3, -0.25) is 4.79 Å². The Morgan fingerprint density at radius 1 is 0.759 bits per heavy atom. The van der Waals surface area contributed by atoms with E-state index in [-0.39, 0.29) is 14.1 Å². The molecule has 150 valence electrons. The highest BCUT2D eigenvalue weighted by Crippen LogP contribution is 2.28. The monoisotopic (exact) mass is 406 g/mol. The lowest BCUT2D eigenvalue weighted by atomic mass is 10.0. The van der Waals surface area contributed by atoms with Crippen molar-refractivity contribution in [3.8, 4) is 11.5 Å². The number of para-hydroxylation sites is 2. The summed E-state index contributed by atoms with van der Waals surface area (Å²) < 4.78 is 11.9. The molecule has 0 amide bonds. The average molecular weight is 406 g/mol. The third-order valence-electron chi connectivity index (χ3n) is 4.41. The summed E-state index contributed by atoms with van der Waals surface area (Å²) in [5.41, 5.74) is 2.74.